The standard InChI is InChI=1S/C20H25N3O6S/c1-4-14(2)29-17-7-5-6-16(12-17)15(3)18(30(21,26)27)9-11-28-13-23-10-8-19(24)22-20(23)25/h1,5-8,10,12,14-15,18H,9,11,13H2,2-3H3,(H2,21,26,27)(H,22,24,25)/t14-,15+,18?/m0/s1. The van der Waals surface area contributed by atoms with Crippen molar-refractivity contribution in [3.05, 3.63) is 62.9 Å². The van der Waals surface area contributed by atoms with Gasteiger partial charge in [0, 0.05) is 12.3 Å². The first-order chi connectivity index (χ1) is 14.1. The number of sulfonamides is 1. The molecule has 0 radical (unpaired) electrons. The molecule has 0 saturated heterocycles. The van der Waals surface area contributed by atoms with Gasteiger partial charge in [-0.3, -0.25) is 14.3 Å². The Morgan fingerprint density at radius 2 is 2.00 bits per heavy atom. The molecule has 162 valence electrons. The second kappa shape index (κ2) is 10.2. The van der Waals surface area contributed by atoms with Crippen LogP contribution in [0.3, 0.4) is 0 Å². The maximum Gasteiger partial charge on any atom is 0.330 e. The molecule has 10 heteroatoms. The second-order valence-corrected chi connectivity index (χ2v) is 8.60. The van der Waals surface area contributed by atoms with Crippen LogP contribution in [0.1, 0.15) is 31.7 Å². The predicted octanol–water partition coefficient (Wildman–Crippen LogP) is 0.762. The van der Waals surface area contributed by atoms with E-state index >= 15 is 0 Å². The zero-order chi connectivity index (χ0) is 22.3. The molecular weight excluding hydrogens is 410 g/mol. The van der Waals surface area contributed by atoms with Crippen LogP contribution in [-0.2, 0) is 21.5 Å². The van der Waals surface area contributed by atoms with E-state index in [9.17, 15) is 18.0 Å². The Morgan fingerprint density at radius 1 is 1.27 bits per heavy atom. The number of hydrogen-bond acceptors (Lipinski definition) is 6. The number of benzene rings is 1. The highest BCUT2D eigenvalue weighted by molar-refractivity contribution is 7.89. The third kappa shape index (κ3) is 6.59. The minimum atomic E-state index is -3.88. The number of terminal acetylenes is 1. The summed E-state index contributed by atoms with van der Waals surface area (Å²) in [6, 6.07) is 8.20. The number of aromatic nitrogens is 2. The highest BCUT2D eigenvalue weighted by atomic mass is 32.2. The zero-order valence-corrected chi connectivity index (χ0v) is 17.6. The average Bonchev–Trinajstić information content (AvgIpc) is 2.68. The van der Waals surface area contributed by atoms with Crippen molar-refractivity contribution in [2.24, 2.45) is 5.14 Å². The van der Waals surface area contributed by atoms with Crippen LogP contribution in [0.2, 0.25) is 0 Å². The molecule has 1 aromatic carbocycles. The fourth-order valence-electron chi connectivity index (χ4n) is 2.93. The Morgan fingerprint density at radius 3 is 2.63 bits per heavy atom. The van der Waals surface area contributed by atoms with Crippen molar-refractivity contribution in [3.8, 4) is 18.1 Å². The summed E-state index contributed by atoms with van der Waals surface area (Å²) in [5, 5.41) is 4.54. The molecule has 1 unspecified atom stereocenters. The smallest absolute Gasteiger partial charge is 0.330 e. The van der Waals surface area contributed by atoms with Gasteiger partial charge in [-0.15, -0.1) is 6.42 Å². The summed E-state index contributed by atoms with van der Waals surface area (Å²) in [5.74, 6) is 2.56. The Labute approximate surface area is 174 Å². The number of ether oxygens (including phenoxy) is 2. The van der Waals surface area contributed by atoms with E-state index in [1.165, 1.54) is 12.3 Å². The number of nitrogens with zero attached hydrogens (tertiary/aromatic N) is 1. The summed E-state index contributed by atoms with van der Waals surface area (Å²) in [5.41, 5.74) is -0.397. The lowest BCUT2D eigenvalue weighted by molar-refractivity contribution is 0.0706. The monoisotopic (exact) mass is 435 g/mol. The van der Waals surface area contributed by atoms with E-state index in [1.807, 2.05) is 0 Å². The van der Waals surface area contributed by atoms with E-state index in [0.717, 1.165) is 10.1 Å². The van der Waals surface area contributed by atoms with Crippen molar-refractivity contribution < 1.29 is 17.9 Å². The molecule has 1 heterocycles. The largest absolute Gasteiger partial charge is 0.478 e. The van der Waals surface area contributed by atoms with E-state index in [1.54, 1.807) is 38.1 Å². The number of H-pyrrole nitrogens is 1. The molecule has 0 aliphatic heterocycles. The van der Waals surface area contributed by atoms with Crippen LogP contribution in [0.5, 0.6) is 5.75 Å². The molecule has 9 nitrogen and oxygen atoms in total. The number of aromatic amines is 1. The van der Waals surface area contributed by atoms with E-state index in [-0.39, 0.29) is 19.8 Å². The fraction of sp³-hybridized carbons (Fsp3) is 0.400. The number of rotatable bonds is 10. The number of primary sulfonamides is 1. The summed E-state index contributed by atoms with van der Waals surface area (Å²) in [6.45, 7) is 3.40. The van der Waals surface area contributed by atoms with Gasteiger partial charge in [0.25, 0.3) is 5.56 Å². The van der Waals surface area contributed by atoms with Gasteiger partial charge in [-0.25, -0.2) is 18.4 Å². The van der Waals surface area contributed by atoms with Crippen molar-refractivity contribution in [2.45, 2.75) is 44.3 Å². The zero-order valence-electron chi connectivity index (χ0n) is 16.8. The Bertz CT molecular complexity index is 1120. The molecule has 1 aromatic heterocycles. The lowest BCUT2D eigenvalue weighted by atomic mass is 9.95. The van der Waals surface area contributed by atoms with Gasteiger partial charge in [0.15, 0.2) is 6.10 Å². The van der Waals surface area contributed by atoms with E-state index in [4.69, 9.17) is 21.0 Å². The van der Waals surface area contributed by atoms with Gasteiger partial charge in [-0.1, -0.05) is 25.0 Å². The Balaban J connectivity index is 2.07. The normalized spacial score (nSPS) is 14.5. The first kappa shape index (κ1) is 23.4. The molecule has 0 spiro atoms. The van der Waals surface area contributed by atoms with Gasteiger partial charge in [0.05, 0.1) is 11.9 Å². The van der Waals surface area contributed by atoms with Gasteiger partial charge in [-0.2, -0.15) is 0 Å². The minimum absolute atomic E-state index is 0.0430. The maximum atomic E-state index is 12.2. The summed E-state index contributed by atoms with van der Waals surface area (Å²) < 4.78 is 36.5. The predicted molar refractivity (Wildman–Crippen MR) is 113 cm³/mol. The van der Waals surface area contributed by atoms with Crippen LogP contribution in [0, 0.1) is 12.3 Å². The van der Waals surface area contributed by atoms with Crippen molar-refractivity contribution in [2.75, 3.05) is 6.61 Å². The molecule has 2 aromatic rings. The Kier molecular flexibility index (Phi) is 8.00. The lowest BCUT2D eigenvalue weighted by Gasteiger charge is -2.23. The molecule has 3 atom stereocenters. The van der Waals surface area contributed by atoms with Crippen LogP contribution in [0.4, 0.5) is 0 Å². The maximum absolute atomic E-state index is 12.2. The van der Waals surface area contributed by atoms with Crippen LogP contribution < -0.4 is 21.1 Å². The fourth-order valence-corrected chi connectivity index (χ4v) is 4.08. The minimum Gasteiger partial charge on any atom is -0.478 e. The average molecular weight is 436 g/mol. The number of hydrogen-bond donors (Lipinski definition) is 2. The highest BCUT2D eigenvalue weighted by Crippen LogP contribution is 2.28. The molecule has 30 heavy (non-hydrogen) atoms. The van der Waals surface area contributed by atoms with Crippen molar-refractivity contribution in [1.29, 1.82) is 0 Å². The summed E-state index contributed by atoms with van der Waals surface area (Å²) in [7, 11) is -3.88. The first-order valence-corrected chi connectivity index (χ1v) is 10.8. The molecule has 0 aliphatic carbocycles. The molecule has 0 fully saturated rings. The molecule has 3 N–H and O–H groups in total. The van der Waals surface area contributed by atoms with E-state index in [2.05, 4.69) is 10.9 Å². The van der Waals surface area contributed by atoms with Crippen LogP contribution >= 0.6 is 0 Å². The van der Waals surface area contributed by atoms with E-state index in [0.29, 0.717) is 5.75 Å². The van der Waals surface area contributed by atoms with Crippen LogP contribution in [-0.4, -0.2) is 35.9 Å². The van der Waals surface area contributed by atoms with E-state index < -0.39 is 38.5 Å². The van der Waals surface area contributed by atoms with Gasteiger partial charge in [0.2, 0.25) is 10.0 Å². The van der Waals surface area contributed by atoms with Crippen molar-refractivity contribution in [3.63, 3.8) is 0 Å². The van der Waals surface area contributed by atoms with Gasteiger partial charge in [0.1, 0.15) is 12.5 Å². The molecule has 0 bridgehead atoms. The van der Waals surface area contributed by atoms with Crippen molar-refractivity contribution >= 4 is 10.0 Å². The van der Waals surface area contributed by atoms with Gasteiger partial charge < -0.3 is 9.47 Å². The SMILES string of the molecule is C#C[C@H](C)Oc1cccc([C@@H](C)C(CCOCn2ccc(=O)[nH]c2=O)S(N)(=O)=O)c1. The molecule has 0 amide bonds. The molecular formula is C20H25N3O6S. The van der Waals surface area contributed by atoms with Crippen molar-refractivity contribution in [1.82, 2.24) is 9.55 Å². The third-order valence-electron chi connectivity index (χ3n) is 4.59. The second-order valence-electron chi connectivity index (χ2n) is 6.82. The molecule has 0 aliphatic rings. The van der Waals surface area contributed by atoms with Gasteiger partial charge in [-0.05, 0) is 37.0 Å². The third-order valence-corrected chi connectivity index (χ3v) is 6.07. The molecule has 0 saturated carbocycles. The highest BCUT2D eigenvalue weighted by Gasteiger charge is 2.29. The lowest BCUT2D eigenvalue weighted by Crippen LogP contribution is -2.34. The van der Waals surface area contributed by atoms with Crippen LogP contribution in [0.15, 0.2) is 46.1 Å². The Hall–Kier alpha value is -2.87. The van der Waals surface area contributed by atoms with Crippen LogP contribution in [0.25, 0.3) is 0 Å². The number of nitrogens with two attached hydrogens (primary N) is 1. The quantitative estimate of drug-likeness (QED) is 0.418. The molecule has 2 rings (SSSR count). The first-order valence-electron chi connectivity index (χ1n) is 9.23. The summed E-state index contributed by atoms with van der Waals surface area (Å²) in [4.78, 5) is 24.8. The summed E-state index contributed by atoms with van der Waals surface area (Å²) in [6.07, 6.45) is 6.31. The number of nitrogens with one attached hydrogen (secondary N) is 1. The van der Waals surface area contributed by atoms with Gasteiger partial charge >= 0.3 is 5.69 Å². The topological polar surface area (TPSA) is 133 Å². The summed E-state index contributed by atoms with van der Waals surface area (Å²) >= 11 is 0.